The summed E-state index contributed by atoms with van der Waals surface area (Å²) in [4.78, 5) is 21.1. The largest absolute Gasteiger partial charge is 0.481 e. The standard InChI is InChI=1S/C10H22N4O4/c11-1-2-12-3-4-13-5-6-14-8(10(17)18)7-9(15)16/h8,12-14H,1-7,11H2,(H,15,16)(H,17,18). The molecule has 8 nitrogen and oxygen atoms in total. The molecule has 0 aromatic heterocycles. The highest BCUT2D eigenvalue weighted by molar-refractivity contribution is 5.80. The summed E-state index contributed by atoms with van der Waals surface area (Å²) in [7, 11) is 0. The first-order chi connectivity index (χ1) is 8.57. The number of carboxylic acids is 2. The van der Waals surface area contributed by atoms with E-state index in [9.17, 15) is 9.59 Å². The molecule has 0 heterocycles. The molecule has 0 aromatic rings. The molecule has 0 bridgehead atoms. The maximum Gasteiger partial charge on any atom is 0.321 e. The highest BCUT2D eigenvalue weighted by Crippen LogP contribution is 1.91. The minimum Gasteiger partial charge on any atom is -0.481 e. The number of hydrogen-bond acceptors (Lipinski definition) is 6. The van der Waals surface area contributed by atoms with E-state index in [0.717, 1.165) is 19.6 Å². The van der Waals surface area contributed by atoms with Crippen LogP contribution < -0.4 is 21.7 Å². The fraction of sp³-hybridized carbons (Fsp3) is 0.800. The van der Waals surface area contributed by atoms with Gasteiger partial charge in [0.1, 0.15) is 6.04 Å². The molecule has 0 fully saturated rings. The van der Waals surface area contributed by atoms with Crippen LogP contribution in [0.3, 0.4) is 0 Å². The smallest absolute Gasteiger partial charge is 0.321 e. The molecule has 0 rings (SSSR count). The molecular weight excluding hydrogens is 240 g/mol. The minimum absolute atomic E-state index is 0.404. The Morgan fingerprint density at radius 2 is 1.56 bits per heavy atom. The van der Waals surface area contributed by atoms with Gasteiger partial charge in [0, 0.05) is 39.3 Å². The third kappa shape index (κ3) is 9.97. The predicted octanol–water partition coefficient (Wildman–Crippen LogP) is -2.36. The molecular formula is C10H22N4O4. The van der Waals surface area contributed by atoms with E-state index in [0.29, 0.717) is 19.6 Å². The second-order valence-corrected chi connectivity index (χ2v) is 3.73. The highest BCUT2D eigenvalue weighted by Gasteiger charge is 2.19. The first-order valence-electron chi connectivity index (χ1n) is 5.87. The second-order valence-electron chi connectivity index (χ2n) is 3.73. The van der Waals surface area contributed by atoms with E-state index >= 15 is 0 Å². The van der Waals surface area contributed by atoms with Gasteiger partial charge in [-0.3, -0.25) is 9.59 Å². The van der Waals surface area contributed by atoms with Gasteiger partial charge in [-0.05, 0) is 0 Å². The van der Waals surface area contributed by atoms with E-state index in [4.69, 9.17) is 15.9 Å². The molecule has 106 valence electrons. The Balaban J connectivity index is 3.49. The van der Waals surface area contributed by atoms with E-state index in [1.54, 1.807) is 0 Å². The monoisotopic (exact) mass is 262 g/mol. The van der Waals surface area contributed by atoms with Crippen molar-refractivity contribution >= 4 is 11.9 Å². The summed E-state index contributed by atoms with van der Waals surface area (Å²) in [6.45, 7) is 3.87. The maximum atomic E-state index is 10.7. The Kier molecular flexibility index (Phi) is 10.2. The van der Waals surface area contributed by atoms with E-state index in [1.165, 1.54) is 0 Å². The highest BCUT2D eigenvalue weighted by atomic mass is 16.4. The lowest BCUT2D eigenvalue weighted by Gasteiger charge is -2.12. The first-order valence-corrected chi connectivity index (χ1v) is 5.87. The van der Waals surface area contributed by atoms with Crippen molar-refractivity contribution in [1.82, 2.24) is 16.0 Å². The number of nitrogens with two attached hydrogens (primary N) is 1. The molecule has 7 N–H and O–H groups in total. The molecule has 0 saturated heterocycles. The number of nitrogens with one attached hydrogen (secondary N) is 3. The fourth-order valence-electron chi connectivity index (χ4n) is 1.29. The van der Waals surface area contributed by atoms with Crippen LogP contribution in [0.2, 0.25) is 0 Å². The van der Waals surface area contributed by atoms with E-state index in [-0.39, 0.29) is 0 Å². The lowest BCUT2D eigenvalue weighted by molar-refractivity contribution is -0.145. The average molecular weight is 262 g/mol. The average Bonchev–Trinajstić information content (AvgIpc) is 2.30. The summed E-state index contributed by atoms with van der Waals surface area (Å²) in [6.07, 6.45) is -0.423. The van der Waals surface area contributed by atoms with Gasteiger partial charge in [0.05, 0.1) is 6.42 Å². The van der Waals surface area contributed by atoms with Crippen molar-refractivity contribution in [3.8, 4) is 0 Å². The third-order valence-corrected chi connectivity index (χ3v) is 2.17. The van der Waals surface area contributed by atoms with Gasteiger partial charge in [-0.15, -0.1) is 0 Å². The molecule has 1 atom stereocenters. The summed E-state index contributed by atoms with van der Waals surface area (Å²) in [5.74, 6) is -2.28. The molecule has 0 aliphatic heterocycles. The van der Waals surface area contributed by atoms with Gasteiger partial charge < -0.3 is 31.9 Å². The minimum atomic E-state index is -1.15. The van der Waals surface area contributed by atoms with Gasteiger partial charge in [-0.2, -0.15) is 0 Å². The quantitative estimate of drug-likeness (QED) is 0.215. The van der Waals surface area contributed by atoms with E-state index in [1.807, 2.05) is 0 Å². The Bertz CT molecular complexity index is 250. The van der Waals surface area contributed by atoms with E-state index < -0.39 is 24.4 Å². The number of aliphatic carboxylic acids is 2. The van der Waals surface area contributed by atoms with Gasteiger partial charge in [-0.25, -0.2) is 0 Å². The van der Waals surface area contributed by atoms with Crippen LogP contribution in [0.5, 0.6) is 0 Å². The molecule has 0 radical (unpaired) electrons. The van der Waals surface area contributed by atoms with Crippen LogP contribution in [0.4, 0.5) is 0 Å². The number of carboxylic acid groups (broad SMARTS) is 2. The molecule has 0 aliphatic carbocycles. The van der Waals surface area contributed by atoms with Crippen molar-refractivity contribution in [2.45, 2.75) is 12.5 Å². The lowest BCUT2D eigenvalue weighted by Crippen LogP contribution is -2.42. The molecule has 0 spiro atoms. The molecule has 0 aromatic carbocycles. The molecule has 18 heavy (non-hydrogen) atoms. The topological polar surface area (TPSA) is 137 Å². The molecule has 1 unspecified atom stereocenters. The zero-order valence-corrected chi connectivity index (χ0v) is 10.3. The van der Waals surface area contributed by atoms with Crippen LogP contribution in [0.25, 0.3) is 0 Å². The van der Waals surface area contributed by atoms with Crippen LogP contribution in [0, 0.1) is 0 Å². The van der Waals surface area contributed by atoms with Crippen molar-refractivity contribution < 1.29 is 19.8 Å². The van der Waals surface area contributed by atoms with Crippen LogP contribution in [0.15, 0.2) is 0 Å². The van der Waals surface area contributed by atoms with Crippen LogP contribution >= 0.6 is 0 Å². The summed E-state index contributed by atoms with van der Waals surface area (Å²) < 4.78 is 0. The van der Waals surface area contributed by atoms with E-state index in [2.05, 4.69) is 16.0 Å². The molecule has 0 amide bonds. The van der Waals surface area contributed by atoms with Crippen molar-refractivity contribution in [2.75, 3.05) is 39.3 Å². The molecule has 8 heteroatoms. The van der Waals surface area contributed by atoms with Crippen molar-refractivity contribution in [1.29, 1.82) is 0 Å². The Morgan fingerprint density at radius 3 is 2.06 bits per heavy atom. The fourth-order valence-corrected chi connectivity index (χ4v) is 1.29. The van der Waals surface area contributed by atoms with Crippen molar-refractivity contribution in [3.05, 3.63) is 0 Å². The number of hydrogen-bond donors (Lipinski definition) is 6. The maximum absolute atomic E-state index is 10.7. The van der Waals surface area contributed by atoms with Crippen LogP contribution in [-0.2, 0) is 9.59 Å². The summed E-state index contributed by atoms with van der Waals surface area (Å²) >= 11 is 0. The summed E-state index contributed by atoms with van der Waals surface area (Å²) in [5, 5.41) is 26.1. The summed E-state index contributed by atoms with van der Waals surface area (Å²) in [6, 6.07) is -1.04. The molecule has 0 aliphatic rings. The first kappa shape index (κ1) is 16.8. The SMILES string of the molecule is NCCNCCNCCNC(CC(=O)O)C(=O)O. The second kappa shape index (κ2) is 10.9. The summed E-state index contributed by atoms with van der Waals surface area (Å²) in [5.41, 5.74) is 5.30. The van der Waals surface area contributed by atoms with Gasteiger partial charge in [0.25, 0.3) is 0 Å². The Hall–Kier alpha value is -1.22. The predicted molar refractivity (Wildman–Crippen MR) is 66.5 cm³/mol. The lowest BCUT2D eigenvalue weighted by atomic mass is 10.2. The van der Waals surface area contributed by atoms with Gasteiger partial charge in [0.15, 0.2) is 0 Å². The number of rotatable bonds is 12. The zero-order chi connectivity index (χ0) is 13.8. The zero-order valence-electron chi connectivity index (χ0n) is 10.3. The van der Waals surface area contributed by atoms with Gasteiger partial charge in [0.2, 0.25) is 0 Å². The Morgan fingerprint density at radius 1 is 1.00 bits per heavy atom. The molecule has 0 saturated carbocycles. The third-order valence-electron chi connectivity index (χ3n) is 2.17. The normalized spacial score (nSPS) is 12.3. The Labute approximate surface area is 106 Å². The van der Waals surface area contributed by atoms with Gasteiger partial charge >= 0.3 is 11.9 Å². The van der Waals surface area contributed by atoms with Crippen molar-refractivity contribution in [3.63, 3.8) is 0 Å². The number of carbonyl (C=O) groups is 2. The van der Waals surface area contributed by atoms with Crippen molar-refractivity contribution in [2.24, 2.45) is 5.73 Å². The van der Waals surface area contributed by atoms with Crippen LogP contribution in [-0.4, -0.2) is 67.5 Å². The van der Waals surface area contributed by atoms with Gasteiger partial charge in [-0.1, -0.05) is 0 Å². The van der Waals surface area contributed by atoms with Crippen LogP contribution in [0.1, 0.15) is 6.42 Å².